The minimum atomic E-state index is -4.69. The summed E-state index contributed by atoms with van der Waals surface area (Å²) in [5.41, 5.74) is 0.724. The molecule has 188 valence electrons. The van der Waals surface area contributed by atoms with E-state index < -0.39 is 6.36 Å². The standard InChI is InChI=1S/C14H13F3O2.C7H13NO2.2C2H6/c1-3-4-5-6-11(2)18-12-7-9-13(10-8-12)19-14(15,16)17;1-6(7(2)10)8-4-3-5-9;2*1-2/h3-10H,1H2,2H3;5,8,10H,3-4H2,1-2H3;2*1-2H3/b5-4-,11-6+;7-6+;;. The van der Waals surface area contributed by atoms with Gasteiger partial charge in [0.15, 0.2) is 0 Å². The highest BCUT2D eigenvalue weighted by molar-refractivity contribution is 5.49. The van der Waals surface area contributed by atoms with Gasteiger partial charge in [0.2, 0.25) is 0 Å². The van der Waals surface area contributed by atoms with Crippen LogP contribution in [0.3, 0.4) is 0 Å². The average molecular weight is 474 g/mol. The molecule has 8 heteroatoms. The number of aliphatic hydroxyl groups is 1. The maximum absolute atomic E-state index is 11.9. The Morgan fingerprint density at radius 3 is 1.97 bits per heavy atom. The van der Waals surface area contributed by atoms with E-state index in [-0.39, 0.29) is 11.5 Å². The lowest BCUT2D eigenvalue weighted by atomic mass is 10.3. The fourth-order valence-corrected chi connectivity index (χ4v) is 1.65. The first-order valence-corrected chi connectivity index (χ1v) is 10.6. The number of alkyl halides is 3. The maximum Gasteiger partial charge on any atom is 0.573 e. The van der Waals surface area contributed by atoms with Crippen LogP contribution in [0.25, 0.3) is 0 Å². The minimum absolute atomic E-state index is 0.269. The second-order valence-corrected chi connectivity index (χ2v) is 5.61. The van der Waals surface area contributed by atoms with Gasteiger partial charge in [0.1, 0.15) is 29.3 Å². The number of carbonyl (C=O) groups is 1. The van der Waals surface area contributed by atoms with E-state index in [0.29, 0.717) is 24.5 Å². The zero-order valence-corrected chi connectivity index (χ0v) is 20.6. The lowest BCUT2D eigenvalue weighted by Gasteiger charge is -2.10. The molecular weight excluding hydrogens is 435 g/mol. The minimum Gasteiger partial charge on any atom is -0.511 e. The molecule has 0 unspecified atom stereocenters. The fourth-order valence-electron chi connectivity index (χ4n) is 1.65. The lowest BCUT2D eigenvalue weighted by Crippen LogP contribution is -2.16. The monoisotopic (exact) mass is 473 g/mol. The van der Waals surface area contributed by atoms with Crippen LogP contribution in [0.5, 0.6) is 11.5 Å². The topological polar surface area (TPSA) is 67.8 Å². The van der Waals surface area contributed by atoms with Gasteiger partial charge in [0, 0.05) is 18.7 Å². The predicted octanol–water partition coefficient (Wildman–Crippen LogP) is 7.64. The molecule has 33 heavy (non-hydrogen) atoms. The number of hydrogen-bond donors (Lipinski definition) is 2. The molecule has 0 atom stereocenters. The Labute approximate surface area is 196 Å². The van der Waals surface area contributed by atoms with Crippen LogP contribution in [0.2, 0.25) is 0 Å². The van der Waals surface area contributed by atoms with Gasteiger partial charge in [-0.2, -0.15) is 0 Å². The molecule has 0 fully saturated rings. The number of hydrogen-bond acceptors (Lipinski definition) is 5. The molecule has 1 rings (SSSR count). The van der Waals surface area contributed by atoms with E-state index in [1.165, 1.54) is 24.3 Å². The highest BCUT2D eigenvalue weighted by atomic mass is 19.4. The molecule has 5 nitrogen and oxygen atoms in total. The summed E-state index contributed by atoms with van der Waals surface area (Å²) in [6.07, 6.45) is 3.43. The summed E-state index contributed by atoms with van der Waals surface area (Å²) >= 11 is 0. The second kappa shape index (κ2) is 22.0. The molecule has 1 aromatic carbocycles. The average Bonchev–Trinajstić information content (AvgIpc) is 2.77. The first-order valence-electron chi connectivity index (χ1n) is 10.6. The summed E-state index contributed by atoms with van der Waals surface area (Å²) in [5, 5.41) is 11.7. The third-order valence-corrected chi connectivity index (χ3v) is 3.11. The van der Waals surface area contributed by atoms with Crippen LogP contribution in [0.4, 0.5) is 13.2 Å². The molecule has 0 amide bonds. The van der Waals surface area contributed by atoms with Crippen molar-refractivity contribution in [2.75, 3.05) is 6.54 Å². The van der Waals surface area contributed by atoms with Crippen LogP contribution in [0.1, 0.15) is 54.9 Å². The molecule has 0 bridgehead atoms. The summed E-state index contributed by atoms with van der Waals surface area (Å²) in [5.74, 6) is 1.01. The highest BCUT2D eigenvalue weighted by Crippen LogP contribution is 2.25. The van der Waals surface area contributed by atoms with Crippen LogP contribution < -0.4 is 14.8 Å². The smallest absolute Gasteiger partial charge is 0.511 e. The normalized spacial score (nSPS) is 11.3. The van der Waals surface area contributed by atoms with E-state index >= 15 is 0 Å². The Balaban J connectivity index is -0.000000544. The van der Waals surface area contributed by atoms with Crippen molar-refractivity contribution in [3.8, 4) is 11.5 Å². The van der Waals surface area contributed by atoms with E-state index in [0.717, 1.165) is 12.0 Å². The van der Waals surface area contributed by atoms with E-state index in [9.17, 15) is 18.0 Å². The Morgan fingerprint density at radius 2 is 1.55 bits per heavy atom. The molecule has 0 heterocycles. The van der Waals surface area contributed by atoms with Crippen LogP contribution in [0.15, 0.2) is 72.4 Å². The zero-order valence-electron chi connectivity index (χ0n) is 20.6. The van der Waals surface area contributed by atoms with Gasteiger partial charge in [-0.25, -0.2) is 0 Å². The van der Waals surface area contributed by atoms with Crippen molar-refractivity contribution in [1.29, 1.82) is 0 Å². The first-order chi connectivity index (χ1) is 15.6. The van der Waals surface area contributed by atoms with Crippen LogP contribution in [-0.2, 0) is 4.79 Å². The molecule has 0 aromatic heterocycles. The summed E-state index contributed by atoms with van der Waals surface area (Å²) in [6.45, 7) is 17.2. The van der Waals surface area contributed by atoms with Crippen molar-refractivity contribution in [2.45, 2.75) is 61.2 Å². The molecule has 2 N–H and O–H groups in total. The Bertz CT molecular complexity index is 718. The SMILES string of the molecule is C/C(O)=C(/C)NCCC=O.C=C/C=C\C=C(/C)Oc1ccc(OC(F)(F)F)cc1.CC.CC. The van der Waals surface area contributed by atoms with Crippen LogP contribution >= 0.6 is 0 Å². The van der Waals surface area contributed by atoms with E-state index in [1.54, 1.807) is 45.1 Å². The van der Waals surface area contributed by atoms with Gasteiger partial charge in [-0.05, 0) is 51.1 Å². The Kier molecular flexibility index (Phi) is 23.0. The summed E-state index contributed by atoms with van der Waals surface area (Å²) in [7, 11) is 0. The number of rotatable bonds is 9. The van der Waals surface area contributed by atoms with E-state index in [2.05, 4.69) is 16.6 Å². The third-order valence-electron chi connectivity index (χ3n) is 3.11. The molecule has 0 aliphatic heterocycles. The summed E-state index contributed by atoms with van der Waals surface area (Å²) in [6, 6.07) is 5.18. The molecular formula is C25H38F3NO4. The lowest BCUT2D eigenvalue weighted by molar-refractivity contribution is -0.274. The maximum atomic E-state index is 11.9. The molecule has 0 spiro atoms. The van der Waals surface area contributed by atoms with Gasteiger partial charge in [0.25, 0.3) is 0 Å². The van der Waals surface area contributed by atoms with Gasteiger partial charge in [-0.1, -0.05) is 52.5 Å². The number of nitrogens with one attached hydrogen (secondary N) is 1. The van der Waals surface area contributed by atoms with Gasteiger partial charge in [-0.3, -0.25) is 0 Å². The number of halogens is 3. The molecule has 0 saturated carbocycles. The summed E-state index contributed by atoms with van der Waals surface area (Å²) in [4.78, 5) is 9.84. The largest absolute Gasteiger partial charge is 0.573 e. The third kappa shape index (κ3) is 23.3. The molecule has 1 aromatic rings. The number of aldehydes is 1. The van der Waals surface area contributed by atoms with Crippen LogP contribution in [0, 0.1) is 0 Å². The van der Waals surface area contributed by atoms with Crippen molar-refractivity contribution >= 4 is 6.29 Å². The van der Waals surface area contributed by atoms with Crippen molar-refractivity contribution in [2.24, 2.45) is 0 Å². The number of benzene rings is 1. The van der Waals surface area contributed by atoms with Crippen molar-refractivity contribution in [3.63, 3.8) is 0 Å². The molecule has 0 aliphatic carbocycles. The quantitative estimate of drug-likeness (QED) is 0.167. The first kappa shape index (κ1) is 34.5. The Hall–Kier alpha value is -3.16. The van der Waals surface area contributed by atoms with Gasteiger partial charge >= 0.3 is 6.36 Å². The highest BCUT2D eigenvalue weighted by Gasteiger charge is 2.30. The molecule has 0 saturated heterocycles. The molecule has 0 radical (unpaired) electrons. The van der Waals surface area contributed by atoms with Crippen molar-refractivity contribution in [3.05, 3.63) is 72.4 Å². The number of aliphatic hydroxyl groups excluding tert-OH is 1. The number of ether oxygens (including phenoxy) is 2. The van der Waals surface area contributed by atoms with Crippen molar-refractivity contribution < 1.29 is 32.5 Å². The summed E-state index contributed by atoms with van der Waals surface area (Å²) < 4.78 is 45.0. The zero-order chi connectivity index (χ0) is 26.3. The van der Waals surface area contributed by atoms with E-state index in [4.69, 9.17) is 9.84 Å². The Morgan fingerprint density at radius 1 is 1.03 bits per heavy atom. The van der Waals surface area contributed by atoms with E-state index in [1.807, 2.05) is 27.7 Å². The fraction of sp³-hybridized carbons (Fsp3) is 0.400. The van der Waals surface area contributed by atoms with Gasteiger partial charge in [-0.15, -0.1) is 13.2 Å². The van der Waals surface area contributed by atoms with Gasteiger partial charge < -0.3 is 24.7 Å². The second-order valence-electron chi connectivity index (χ2n) is 5.61. The number of allylic oxidation sites excluding steroid dienone is 7. The van der Waals surface area contributed by atoms with Gasteiger partial charge in [0.05, 0.1) is 0 Å². The number of carbonyl (C=O) groups excluding carboxylic acids is 1. The van der Waals surface area contributed by atoms with Crippen molar-refractivity contribution in [1.82, 2.24) is 5.32 Å². The predicted molar refractivity (Wildman–Crippen MR) is 129 cm³/mol. The molecule has 0 aliphatic rings. The van der Waals surface area contributed by atoms with Crippen LogP contribution in [-0.4, -0.2) is 24.3 Å².